The molecule has 4 rings (SSSR count). The quantitative estimate of drug-likeness (QED) is 0.747. The van der Waals surface area contributed by atoms with Crippen molar-refractivity contribution in [1.29, 1.82) is 0 Å². The van der Waals surface area contributed by atoms with Crippen LogP contribution >= 0.6 is 11.3 Å². The van der Waals surface area contributed by atoms with Crippen LogP contribution in [0.15, 0.2) is 35.7 Å². The molecule has 1 aromatic carbocycles. The van der Waals surface area contributed by atoms with Gasteiger partial charge in [-0.1, -0.05) is 36.8 Å². The van der Waals surface area contributed by atoms with E-state index in [2.05, 4.69) is 43.3 Å². The molecular weight excluding hydrogens is 348 g/mol. The predicted octanol–water partition coefficient (Wildman–Crippen LogP) is 2.42. The lowest BCUT2D eigenvalue weighted by molar-refractivity contribution is -0.122. The first-order valence-corrected chi connectivity index (χ1v) is 9.73. The topological polar surface area (TPSA) is 85.6 Å². The molecule has 0 bridgehead atoms. The zero-order valence-corrected chi connectivity index (χ0v) is 15.2. The number of tetrazole rings is 1. The monoisotopic (exact) mass is 368 g/mol. The van der Waals surface area contributed by atoms with Gasteiger partial charge in [-0.2, -0.15) is 0 Å². The van der Waals surface area contributed by atoms with Crippen molar-refractivity contribution in [2.24, 2.45) is 0 Å². The summed E-state index contributed by atoms with van der Waals surface area (Å²) < 4.78 is 1.75. The fourth-order valence-electron chi connectivity index (χ4n) is 3.19. The number of hydrogen-bond acceptors (Lipinski definition) is 6. The molecule has 8 heteroatoms. The Labute approximate surface area is 155 Å². The van der Waals surface area contributed by atoms with E-state index in [0.717, 1.165) is 48.5 Å². The molecule has 134 valence electrons. The predicted molar refractivity (Wildman–Crippen MR) is 98.7 cm³/mol. The zero-order chi connectivity index (χ0) is 17.8. The van der Waals surface area contributed by atoms with Crippen molar-refractivity contribution < 1.29 is 4.79 Å². The third kappa shape index (κ3) is 3.65. The molecule has 26 heavy (non-hydrogen) atoms. The van der Waals surface area contributed by atoms with Gasteiger partial charge in [-0.3, -0.25) is 4.79 Å². The van der Waals surface area contributed by atoms with E-state index in [1.54, 1.807) is 16.0 Å². The molecule has 1 aliphatic heterocycles. The molecule has 0 saturated carbocycles. The molecule has 0 saturated heterocycles. The average Bonchev–Trinajstić information content (AvgIpc) is 3.28. The number of benzene rings is 1. The van der Waals surface area contributed by atoms with Crippen molar-refractivity contribution in [1.82, 2.24) is 30.5 Å². The maximum absolute atomic E-state index is 12.6. The minimum atomic E-state index is -0.260. The van der Waals surface area contributed by atoms with Crippen molar-refractivity contribution in [2.75, 3.05) is 6.54 Å². The number of thiazole rings is 1. The van der Waals surface area contributed by atoms with Gasteiger partial charge in [0.05, 0.1) is 16.6 Å². The number of nitrogens with zero attached hydrogens (tertiary/aromatic N) is 5. The molecule has 3 heterocycles. The Bertz CT molecular complexity index is 875. The number of fused-ring (bicyclic) bond motifs is 1. The average molecular weight is 368 g/mol. The van der Waals surface area contributed by atoms with Crippen molar-refractivity contribution in [3.8, 4) is 11.3 Å². The smallest absolute Gasteiger partial charge is 0.230 e. The zero-order valence-electron chi connectivity index (χ0n) is 14.3. The standard InChI is InChI=1S/C18H20N6OS/c25-18(14-8-4-5-11-24-17(14)21-22-23-24)19-10-9-16-20-15(12-26-16)13-6-2-1-3-7-13/h1-3,6-7,12,14H,4-5,8-11H2,(H,19,25)/t14-/m0/s1. The molecule has 1 amide bonds. The highest BCUT2D eigenvalue weighted by Gasteiger charge is 2.28. The molecule has 0 radical (unpaired) electrons. The Balaban J connectivity index is 1.34. The van der Waals surface area contributed by atoms with Gasteiger partial charge < -0.3 is 5.32 Å². The number of carbonyl (C=O) groups excluding carboxylic acids is 1. The van der Waals surface area contributed by atoms with Gasteiger partial charge in [0.2, 0.25) is 5.91 Å². The van der Waals surface area contributed by atoms with Gasteiger partial charge >= 0.3 is 0 Å². The van der Waals surface area contributed by atoms with Crippen LogP contribution in [0, 0.1) is 0 Å². The van der Waals surface area contributed by atoms with E-state index < -0.39 is 0 Å². The number of amides is 1. The lowest BCUT2D eigenvalue weighted by Gasteiger charge is -2.12. The summed E-state index contributed by atoms with van der Waals surface area (Å²) in [6.45, 7) is 1.35. The van der Waals surface area contributed by atoms with Crippen LogP contribution in [-0.4, -0.2) is 37.6 Å². The lowest BCUT2D eigenvalue weighted by atomic mass is 10.0. The number of hydrogen-bond donors (Lipinski definition) is 1. The van der Waals surface area contributed by atoms with Gasteiger partial charge in [0.15, 0.2) is 5.82 Å². The van der Waals surface area contributed by atoms with Gasteiger partial charge in [-0.25, -0.2) is 9.67 Å². The van der Waals surface area contributed by atoms with Gasteiger partial charge in [0.25, 0.3) is 0 Å². The highest BCUT2D eigenvalue weighted by molar-refractivity contribution is 7.09. The second-order valence-electron chi connectivity index (χ2n) is 6.34. The Morgan fingerprint density at radius 1 is 1.27 bits per heavy atom. The van der Waals surface area contributed by atoms with Crippen molar-refractivity contribution in [2.45, 2.75) is 38.1 Å². The summed E-state index contributed by atoms with van der Waals surface area (Å²) in [6, 6.07) is 10.1. The molecule has 1 N–H and O–H groups in total. The highest BCUT2D eigenvalue weighted by atomic mass is 32.1. The second kappa shape index (κ2) is 7.74. The summed E-state index contributed by atoms with van der Waals surface area (Å²) in [6.07, 6.45) is 3.52. The Hall–Kier alpha value is -2.61. The number of aromatic nitrogens is 5. The largest absolute Gasteiger partial charge is 0.355 e. The molecule has 7 nitrogen and oxygen atoms in total. The van der Waals surface area contributed by atoms with Crippen LogP contribution in [0.3, 0.4) is 0 Å². The van der Waals surface area contributed by atoms with E-state index in [4.69, 9.17) is 0 Å². The normalized spacial score (nSPS) is 16.7. The summed E-state index contributed by atoms with van der Waals surface area (Å²) in [5.41, 5.74) is 2.10. The summed E-state index contributed by atoms with van der Waals surface area (Å²) in [5, 5.41) is 17.9. The molecular formula is C18H20N6OS. The summed E-state index contributed by atoms with van der Waals surface area (Å²) >= 11 is 1.63. The Kier molecular flexibility index (Phi) is 5.01. The number of rotatable bonds is 5. The van der Waals surface area contributed by atoms with Gasteiger partial charge in [-0.05, 0) is 23.3 Å². The van der Waals surface area contributed by atoms with Crippen molar-refractivity contribution >= 4 is 17.2 Å². The highest BCUT2D eigenvalue weighted by Crippen LogP contribution is 2.24. The number of nitrogens with one attached hydrogen (secondary N) is 1. The van der Waals surface area contributed by atoms with E-state index >= 15 is 0 Å². The fraction of sp³-hybridized carbons (Fsp3) is 0.389. The molecule has 1 aliphatic rings. The van der Waals surface area contributed by atoms with E-state index in [0.29, 0.717) is 12.4 Å². The Morgan fingerprint density at radius 2 is 2.15 bits per heavy atom. The van der Waals surface area contributed by atoms with Crippen LogP contribution < -0.4 is 5.32 Å². The Morgan fingerprint density at radius 3 is 3.04 bits per heavy atom. The maximum Gasteiger partial charge on any atom is 0.230 e. The van der Waals surface area contributed by atoms with Crippen molar-refractivity contribution in [3.63, 3.8) is 0 Å². The number of carbonyl (C=O) groups is 1. The second-order valence-corrected chi connectivity index (χ2v) is 7.28. The number of aryl methyl sites for hydroxylation is 1. The van der Waals surface area contributed by atoms with Gasteiger partial charge in [-0.15, -0.1) is 16.4 Å². The summed E-state index contributed by atoms with van der Waals surface area (Å²) in [4.78, 5) is 17.3. The lowest BCUT2D eigenvalue weighted by Crippen LogP contribution is -2.32. The van der Waals surface area contributed by atoms with E-state index in [-0.39, 0.29) is 11.8 Å². The summed E-state index contributed by atoms with van der Waals surface area (Å²) in [5.74, 6) is 0.423. The van der Waals surface area contributed by atoms with Crippen LogP contribution in [-0.2, 0) is 17.8 Å². The van der Waals surface area contributed by atoms with Crippen LogP contribution in [0.2, 0.25) is 0 Å². The SMILES string of the molecule is O=C(NCCc1nc(-c2ccccc2)cs1)[C@H]1CCCCn2nnnc21. The maximum atomic E-state index is 12.6. The van der Waals surface area contributed by atoms with Crippen molar-refractivity contribution in [3.05, 3.63) is 46.5 Å². The van der Waals surface area contributed by atoms with Crippen LogP contribution in [0.1, 0.15) is 36.0 Å². The molecule has 2 aromatic heterocycles. The molecule has 3 aromatic rings. The fourth-order valence-corrected chi connectivity index (χ4v) is 4.00. The van der Waals surface area contributed by atoms with E-state index in [1.165, 1.54) is 0 Å². The minimum Gasteiger partial charge on any atom is -0.355 e. The first-order chi connectivity index (χ1) is 12.8. The molecule has 0 unspecified atom stereocenters. The summed E-state index contributed by atoms with van der Waals surface area (Å²) in [7, 11) is 0. The van der Waals surface area contributed by atoms with E-state index in [1.807, 2.05) is 18.2 Å². The van der Waals surface area contributed by atoms with Crippen LogP contribution in [0.4, 0.5) is 0 Å². The minimum absolute atomic E-state index is 0.00258. The molecule has 0 spiro atoms. The third-order valence-corrected chi connectivity index (χ3v) is 5.47. The molecule has 0 fully saturated rings. The van der Waals surface area contributed by atoms with Gasteiger partial charge in [0, 0.05) is 30.5 Å². The van der Waals surface area contributed by atoms with Crippen LogP contribution in [0.25, 0.3) is 11.3 Å². The third-order valence-electron chi connectivity index (χ3n) is 4.56. The first kappa shape index (κ1) is 16.8. The van der Waals surface area contributed by atoms with Crippen LogP contribution in [0.5, 0.6) is 0 Å². The van der Waals surface area contributed by atoms with E-state index in [9.17, 15) is 4.79 Å². The van der Waals surface area contributed by atoms with Gasteiger partial charge in [0.1, 0.15) is 0 Å². The molecule has 0 aliphatic carbocycles. The molecule has 1 atom stereocenters. The first-order valence-electron chi connectivity index (χ1n) is 8.85.